The number of hydrogen-bond donors (Lipinski definition) is 0. The number of methoxy groups -OCH3 is 1. The second-order valence-corrected chi connectivity index (χ2v) is 2.52. The Bertz CT molecular complexity index is 320. The highest BCUT2D eigenvalue weighted by Gasteiger charge is 2.31. The molecule has 0 saturated heterocycles. The minimum atomic E-state index is -4.70. The van der Waals surface area contributed by atoms with Crippen LogP contribution in [0.5, 0.6) is 11.5 Å². The summed E-state index contributed by atoms with van der Waals surface area (Å²) >= 11 is 0. The Morgan fingerprint density at radius 2 is 1.93 bits per heavy atom. The van der Waals surface area contributed by atoms with E-state index in [1.165, 1.54) is 13.2 Å². The lowest BCUT2D eigenvalue weighted by molar-refractivity contribution is -0.274. The zero-order valence-corrected chi connectivity index (χ0v) is 7.53. The molecule has 0 bridgehead atoms. The van der Waals surface area contributed by atoms with Crippen molar-refractivity contribution in [2.75, 3.05) is 7.11 Å². The Balaban J connectivity index is 2.87. The van der Waals surface area contributed by atoms with Crippen LogP contribution in [0.1, 0.15) is 5.56 Å². The van der Waals surface area contributed by atoms with Crippen LogP contribution in [0.2, 0.25) is 0 Å². The lowest BCUT2D eigenvalue weighted by atomic mass is 10.2. The highest BCUT2D eigenvalue weighted by atomic mass is 19.4. The molecular weight excluding hydrogens is 197 g/mol. The Morgan fingerprint density at radius 1 is 1.29 bits per heavy atom. The third kappa shape index (κ3) is 2.73. The van der Waals surface area contributed by atoms with Gasteiger partial charge < -0.3 is 9.47 Å². The van der Waals surface area contributed by atoms with Crippen molar-refractivity contribution in [3.8, 4) is 11.5 Å². The molecule has 14 heavy (non-hydrogen) atoms. The molecule has 76 valence electrons. The molecule has 0 aliphatic carbocycles. The molecule has 1 aromatic rings. The largest absolute Gasteiger partial charge is 0.573 e. The number of rotatable bonds is 2. The van der Waals surface area contributed by atoms with Crippen LogP contribution in [0.4, 0.5) is 13.2 Å². The van der Waals surface area contributed by atoms with Crippen molar-refractivity contribution < 1.29 is 22.6 Å². The van der Waals surface area contributed by atoms with Gasteiger partial charge in [-0.15, -0.1) is 13.2 Å². The van der Waals surface area contributed by atoms with E-state index in [1.807, 2.05) is 0 Å². The SMILES string of the molecule is COc1c#cc(OC(F)(F)F)cc1C. The van der Waals surface area contributed by atoms with Crippen molar-refractivity contribution in [2.24, 2.45) is 0 Å². The van der Waals surface area contributed by atoms with Crippen LogP contribution in [-0.2, 0) is 0 Å². The Morgan fingerprint density at radius 3 is 2.36 bits per heavy atom. The van der Waals surface area contributed by atoms with E-state index in [-0.39, 0.29) is 0 Å². The van der Waals surface area contributed by atoms with Crippen LogP contribution in [0.25, 0.3) is 0 Å². The molecule has 0 N–H and O–H groups in total. The van der Waals surface area contributed by atoms with Gasteiger partial charge in [0, 0.05) is 5.56 Å². The number of hydrogen-bond acceptors (Lipinski definition) is 2. The Kier molecular flexibility index (Phi) is 2.75. The summed E-state index contributed by atoms with van der Waals surface area (Å²) in [5.41, 5.74) is 0.505. The molecule has 1 aromatic carbocycles. The molecule has 0 amide bonds. The summed E-state index contributed by atoms with van der Waals surface area (Å²) in [6, 6.07) is 5.78. The van der Waals surface area contributed by atoms with Crippen molar-refractivity contribution in [3.63, 3.8) is 0 Å². The fourth-order valence-corrected chi connectivity index (χ4v) is 0.907. The van der Waals surface area contributed by atoms with Gasteiger partial charge in [-0.05, 0) is 25.1 Å². The van der Waals surface area contributed by atoms with Gasteiger partial charge in [-0.3, -0.25) is 0 Å². The molecule has 0 aliphatic rings. The standard InChI is InChI=1S/C9H7F3O2/c1-6-5-7(14-9(10,11)12)3-4-8(6)13-2/h5H,1-2H3. The summed E-state index contributed by atoms with van der Waals surface area (Å²) in [7, 11) is 1.40. The fourth-order valence-electron chi connectivity index (χ4n) is 0.907. The van der Waals surface area contributed by atoms with Crippen LogP contribution in [0, 0.1) is 19.1 Å². The number of ether oxygens (including phenoxy) is 2. The van der Waals surface area contributed by atoms with E-state index in [0.29, 0.717) is 11.3 Å². The predicted molar refractivity (Wildman–Crippen MR) is 42.1 cm³/mol. The first-order valence-electron chi connectivity index (χ1n) is 3.66. The molecule has 0 heterocycles. The van der Waals surface area contributed by atoms with E-state index < -0.39 is 12.1 Å². The van der Waals surface area contributed by atoms with Crippen LogP contribution < -0.4 is 9.47 Å². The molecule has 0 unspecified atom stereocenters. The second-order valence-electron chi connectivity index (χ2n) is 2.52. The Hall–Kier alpha value is -1.57. The van der Waals surface area contributed by atoms with Crippen molar-refractivity contribution in [3.05, 3.63) is 23.8 Å². The van der Waals surface area contributed by atoms with E-state index >= 15 is 0 Å². The highest BCUT2D eigenvalue weighted by Crippen LogP contribution is 2.24. The molecule has 2 nitrogen and oxygen atoms in total. The topological polar surface area (TPSA) is 18.5 Å². The van der Waals surface area contributed by atoms with Crippen LogP contribution >= 0.6 is 0 Å². The van der Waals surface area contributed by atoms with E-state index in [2.05, 4.69) is 16.9 Å². The Labute approximate surface area is 79.2 Å². The van der Waals surface area contributed by atoms with Crippen molar-refractivity contribution >= 4 is 0 Å². The average Bonchev–Trinajstić information content (AvgIpc) is 2.01. The molecule has 0 saturated carbocycles. The number of aryl methyl sites for hydroxylation is 1. The summed E-state index contributed by atoms with van der Waals surface area (Å²) in [6.07, 6.45) is -4.70. The molecule has 0 aromatic heterocycles. The second kappa shape index (κ2) is 3.66. The first kappa shape index (κ1) is 10.5. The maximum absolute atomic E-state index is 11.8. The molecule has 0 aliphatic heterocycles. The highest BCUT2D eigenvalue weighted by molar-refractivity contribution is 5.33. The zero-order valence-electron chi connectivity index (χ0n) is 7.53. The molecule has 0 spiro atoms. The van der Waals surface area contributed by atoms with Gasteiger partial charge in [0.05, 0.1) is 7.11 Å². The number of alkyl halides is 3. The molecule has 5 heteroatoms. The summed E-state index contributed by atoms with van der Waals surface area (Å²) in [6.45, 7) is 1.59. The predicted octanol–water partition coefficient (Wildman–Crippen LogP) is 2.50. The maximum atomic E-state index is 11.8. The normalized spacial score (nSPS) is 10.6. The van der Waals surface area contributed by atoms with Gasteiger partial charge in [-0.2, -0.15) is 0 Å². The quantitative estimate of drug-likeness (QED) is 0.736. The molecular formula is C9H7F3O2. The smallest absolute Gasteiger partial charge is 0.488 e. The van der Waals surface area contributed by atoms with Crippen molar-refractivity contribution in [1.82, 2.24) is 0 Å². The van der Waals surface area contributed by atoms with Gasteiger partial charge in [0.15, 0.2) is 11.5 Å². The van der Waals surface area contributed by atoms with Crippen LogP contribution in [0.15, 0.2) is 6.07 Å². The summed E-state index contributed by atoms with van der Waals surface area (Å²) in [5.74, 6) is -0.0738. The molecule has 0 fully saturated rings. The maximum Gasteiger partial charge on any atom is 0.573 e. The van der Waals surface area contributed by atoms with E-state index in [9.17, 15) is 13.2 Å². The van der Waals surface area contributed by atoms with Gasteiger partial charge in [0.25, 0.3) is 0 Å². The lowest BCUT2D eigenvalue weighted by Gasteiger charge is -2.07. The molecule has 0 atom stereocenters. The fraction of sp³-hybridized carbons (Fsp3) is 0.333. The van der Waals surface area contributed by atoms with Crippen molar-refractivity contribution in [2.45, 2.75) is 13.3 Å². The lowest BCUT2D eigenvalue weighted by Crippen LogP contribution is -2.16. The van der Waals surface area contributed by atoms with Gasteiger partial charge >= 0.3 is 6.36 Å². The first-order chi connectivity index (χ1) is 6.42. The third-order valence-corrected chi connectivity index (χ3v) is 1.43. The zero-order chi connectivity index (χ0) is 10.8. The van der Waals surface area contributed by atoms with Gasteiger partial charge in [0.2, 0.25) is 0 Å². The molecule has 1 rings (SSSR count). The van der Waals surface area contributed by atoms with Crippen molar-refractivity contribution in [1.29, 1.82) is 0 Å². The van der Waals surface area contributed by atoms with Crippen LogP contribution in [0.3, 0.4) is 0 Å². The summed E-state index contributed by atoms with van der Waals surface area (Å²) in [4.78, 5) is 0. The summed E-state index contributed by atoms with van der Waals surface area (Å²) < 4.78 is 43.8. The van der Waals surface area contributed by atoms with Gasteiger partial charge in [0.1, 0.15) is 0 Å². The van der Waals surface area contributed by atoms with E-state index in [1.54, 1.807) is 6.92 Å². The number of halogens is 3. The minimum Gasteiger partial charge on any atom is -0.488 e. The summed E-state index contributed by atoms with van der Waals surface area (Å²) in [5, 5.41) is 0. The van der Waals surface area contributed by atoms with Gasteiger partial charge in [-0.25, -0.2) is 0 Å². The van der Waals surface area contributed by atoms with E-state index in [4.69, 9.17) is 4.74 Å². The molecule has 0 radical (unpaired) electrons. The van der Waals surface area contributed by atoms with Gasteiger partial charge in [-0.1, -0.05) is 0 Å². The first-order valence-corrected chi connectivity index (χ1v) is 3.66. The van der Waals surface area contributed by atoms with Crippen LogP contribution in [-0.4, -0.2) is 13.5 Å². The minimum absolute atomic E-state index is 0.347. The monoisotopic (exact) mass is 204 g/mol. The average molecular weight is 204 g/mol. The third-order valence-electron chi connectivity index (χ3n) is 1.43. The van der Waals surface area contributed by atoms with E-state index in [0.717, 1.165) is 0 Å².